The summed E-state index contributed by atoms with van der Waals surface area (Å²) in [6, 6.07) is 0. The van der Waals surface area contributed by atoms with E-state index in [0.717, 1.165) is 0 Å². The van der Waals surface area contributed by atoms with E-state index in [4.69, 9.17) is 0 Å². The third kappa shape index (κ3) is 1.76. The lowest BCUT2D eigenvalue weighted by atomic mass is 10.3. The molecular weight excluding hydrogens is 241 g/mol. The molecular formula is C6H4BrF3S. The van der Waals surface area contributed by atoms with Crippen LogP contribution in [-0.4, -0.2) is 0 Å². The quantitative estimate of drug-likeness (QED) is 0.651. The molecule has 0 aliphatic heterocycles. The Morgan fingerprint density at radius 1 is 1.45 bits per heavy atom. The van der Waals surface area contributed by atoms with Crippen LogP contribution in [0.15, 0.2) is 9.85 Å². The van der Waals surface area contributed by atoms with Gasteiger partial charge >= 0.3 is 6.18 Å². The van der Waals surface area contributed by atoms with Gasteiger partial charge in [-0.2, -0.15) is 13.2 Å². The van der Waals surface area contributed by atoms with Crippen LogP contribution < -0.4 is 0 Å². The van der Waals surface area contributed by atoms with E-state index in [2.05, 4.69) is 15.9 Å². The van der Waals surface area contributed by atoms with E-state index in [1.165, 1.54) is 12.3 Å². The monoisotopic (exact) mass is 244 g/mol. The van der Waals surface area contributed by atoms with Crippen LogP contribution in [0, 0.1) is 6.92 Å². The number of halogens is 4. The maximum absolute atomic E-state index is 12.1. The van der Waals surface area contributed by atoms with Crippen LogP contribution in [0.25, 0.3) is 0 Å². The Balaban J connectivity index is 3.15. The summed E-state index contributed by atoms with van der Waals surface area (Å²) in [7, 11) is 0. The third-order valence-corrected chi connectivity index (χ3v) is 3.49. The van der Waals surface area contributed by atoms with Crippen molar-refractivity contribution in [3.05, 3.63) is 20.3 Å². The predicted molar refractivity (Wildman–Crippen MR) is 41.8 cm³/mol. The highest BCUT2D eigenvalue weighted by Crippen LogP contribution is 2.39. The molecule has 0 atom stereocenters. The minimum atomic E-state index is -4.21. The molecule has 11 heavy (non-hydrogen) atoms. The number of thiophene rings is 1. The van der Waals surface area contributed by atoms with Crippen molar-refractivity contribution in [2.75, 3.05) is 0 Å². The van der Waals surface area contributed by atoms with Crippen molar-refractivity contribution < 1.29 is 13.2 Å². The van der Waals surface area contributed by atoms with Crippen LogP contribution in [0.2, 0.25) is 0 Å². The van der Waals surface area contributed by atoms with Gasteiger partial charge in [0.25, 0.3) is 0 Å². The number of rotatable bonds is 0. The molecule has 0 spiro atoms. The van der Waals surface area contributed by atoms with Crippen LogP contribution in [0.5, 0.6) is 0 Å². The fourth-order valence-electron chi connectivity index (χ4n) is 0.675. The summed E-state index contributed by atoms with van der Waals surface area (Å²) >= 11 is 3.73. The minimum absolute atomic E-state index is 0.266. The van der Waals surface area contributed by atoms with Crippen LogP contribution in [-0.2, 0) is 6.18 Å². The summed E-state index contributed by atoms with van der Waals surface area (Å²) in [5.41, 5.74) is 0.266. The SMILES string of the molecule is Cc1c(Br)csc1C(F)(F)F. The Hall–Kier alpha value is -0.0300. The van der Waals surface area contributed by atoms with E-state index in [1.54, 1.807) is 0 Å². The fraction of sp³-hybridized carbons (Fsp3) is 0.333. The van der Waals surface area contributed by atoms with Gasteiger partial charge in [-0.1, -0.05) is 0 Å². The highest BCUT2D eigenvalue weighted by atomic mass is 79.9. The molecule has 0 fully saturated rings. The van der Waals surface area contributed by atoms with Crippen LogP contribution in [0.4, 0.5) is 13.2 Å². The average molecular weight is 245 g/mol. The van der Waals surface area contributed by atoms with Gasteiger partial charge in [0.1, 0.15) is 4.88 Å². The molecule has 0 unspecified atom stereocenters. The zero-order valence-corrected chi connectivity index (χ0v) is 7.90. The average Bonchev–Trinajstić information content (AvgIpc) is 2.11. The zero-order chi connectivity index (χ0) is 8.65. The molecule has 0 aliphatic rings. The molecule has 0 saturated heterocycles. The fourth-order valence-corrected chi connectivity index (χ4v) is 2.10. The van der Waals surface area contributed by atoms with Gasteiger partial charge in [-0.05, 0) is 28.4 Å². The summed E-state index contributed by atoms with van der Waals surface area (Å²) in [5, 5.41) is 1.44. The molecule has 0 saturated carbocycles. The summed E-state index contributed by atoms with van der Waals surface area (Å²) in [6.07, 6.45) is -4.21. The predicted octanol–water partition coefficient (Wildman–Crippen LogP) is 3.84. The smallest absolute Gasteiger partial charge is 0.165 e. The van der Waals surface area contributed by atoms with Crippen molar-refractivity contribution in [3.8, 4) is 0 Å². The number of hydrogen-bond donors (Lipinski definition) is 0. The second-order valence-corrected chi connectivity index (χ2v) is 3.77. The van der Waals surface area contributed by atoms with Crippen molar-refractivity contribution in [2.24, 2.45) is 0 Å². The van der Waals surface area contributed by atoms with E-state index < -0.39 is 11.1 Å². The molecule has 0 N–H and O–H groups in total. The number of hydrogen-bond acceptors (Lipinski definition) is 1. The molecule has 0 amide bonds. The molecule has 1 aromatic rings. The molecule has 62 valence electrons. The summed E-state index contributed by atoms with van der Waals surface area (Å²) in [5.74, 6) is 0. The number of alkyl halides is 3. The normalized spacial score (nSPS) is 12.1. The molecule has 1 heterocycles. The van der Waals surface area contributed by atoms with E-state index in [9.17, 15) is 13.2 Å². The van der Waals surface area contributed by atoms with Gasteiger partial charge < -0.3 is 0 Å². The first-order valence-corrected chi connectivity index (χ1v) is 4.41. The van der Waals surface area contributed by atoms with Crippen molar-refractivity contribution in [2.45, 2.75) is 13.1 Å². The van der Waals surface area contributed by atoms with Crippen molar-refractivity contribution in [3.63, 3.8) is 0 Å². The molecule has 0 aromatic carbocycles. The molecule has 1 rings (SSSR count). The lowest BCUT2D eigenvalue weighted by Gasteiger charge is -2.03. The second-order valence-electron chi connectivity index (χ2n) is 2.04. The molecule has 0 bridgehead atoms. The summed E-state index contributed by atoms with van der Waals surface area (Å²) in [4.78, 5) is -0.524. The van der Waals surface area contributed by atoms with Gasteiger partial charge in [-0.15, -0.1) is 11.3 Å². The van der Waals surface area contributed by atoms with Gasteiger partial charge in [0.15, 0.2) is 0 Å². The zero-order valence-electron chi connectivity index (χ0n) is 5.50. The first-order chi connectivity index (χ1) is 4.93. The Kier molecular flexibility index (Phi) is 2.29. The van der Waals surface area contributed by atoms with Crippen LogP contribution >= 0.6 is 27.3 Å². The van der Waals surface area contributed by atoms with Gasteiger partial charge in [0, 0.05) is 9.85 Å². The van der Waals surface area contributed by atoms with Crippen LogP contribution in [0.3, 0.4) is 0 Å². The van der Waals surface area contributed by atoms with Gasteiger partial charge in [0.05, 0.1) is 0 Å². The molecule has 0 radical (unpaired) electrons. The minimum Gasteiger partial charge on any atom is -0.165 e. The standard InChI is InChI=1S/C6H4BrF3S/c1-3-4(7)2-11-5(3)6(8,9)10/h2H,1H3. The van der Waals surface area contributed by atoms with Gasteiger partial charge in [0.2, 0.25) is 0 Å². The third-order valence-electron chi connectivity index (χ3n) is 1.24. The molecule has 0 nitrogen and oxygen atoms in total. The molecule has 5 heteroatoms. The molecule has 1 aromatic heterocycles. The molecule has 0 aliphatic carbocycles. The Bertz CT molecular complexity index is 263. The Morgan fingerprint density at radius 2 is 2.00 bits per heavy atom. The van der Waals surface area contributed by atoms with E-state index in [1.807, 2.05) is 0 Å². The van der Waals surface area contributed by atoms with E-state index in [0.29, 0.717) is 15.8 Å². The maximum atomic E-state index is 12.1. The van der Waals surface area contributed by atoms with Crippen molar-refractivity contribution in [1.82, 2.24) is 0 Å². The highest BCUT2D eigenvalue weighted by Gasteiger charge is 2.34. The van der Waals surface area contributed by atoms with Gasteiger partial charge in [-0.25, -0.2) is 0 Å². The largest absolute Gasteiger partial charge is 0.425 e. The van der Waals surface area contributed by atoms with Crippen molar-refractivity contribution in [1.29, 1.82) is 0 Å². The Labute approximate surface area is 74.2 Å². The van der Waals surface area contributed by atoms with Crippen LogP contribution in [0.1, 0.15) is 10.4 Å². The highest BCUT2D eigenvalue weighted by molar-refractivity contribution is 9.10. The maximum Gasteiger partial charge on any atom is 0.425 e. The van der Waals surface area contributed by atoms with E-state index in [-0.39, 0.29) is 5.56 Å². The summed E-state index contributed by atoms with van der Waals surface area (Å²) in [6.45, 7) is 1.45. The Morgan fingerprint density at radius 3 is 2.18 bits per heavy atom. The first-order valence-electron chi connectivity index (χ1n) is 2.73. The lowest BCUT2D eigenvalue weighted by Crippen LogP contribution is -2.03. The van der Waals surface area contributed by atoms with Gasteiger partial charge in [-0.3, -0.25) is 0 Å². The second kappa shape index (κ2) is 2.79. The first kappa shape index (κ1) is 9.06. The van der Waals surface area contributed by atoms with Crippen molar-refractivity contribution >= 4 is 27.3 Å². The lowest BCUT2D eigenvalue weighted by molar-refractivity contribution is -0.134. The van der Waals surface area contributed by atoms with E-state index >= 15 is 0 Å². The summed E-state index contributed by atoms with van der Waals surface area (Å²) < 4.78 is 36.7. The topological polar surface area (TPSA) is 0 Å².